The lowest BCUT2D eigenvalue weighted by molar-refractivity contribution is -0.142. The number of carbonyl (C=O) groups is 3. The van der Waals surface area contributed by atoms with Gasteiger partial charge in [0.25, 0.3) is 0 Å². The van der Waals surface area contributed by atoms with E-state index in [-0.39, 0.29) is 29.8 Å². The van der Waals surface area contributed by atoms with Gasteiger partial charge in [0.05, 0.1) is 18.6 Å². The second kappa shape index (κ2) is 9.88. The summed E-state index contributed by atoms with van der Waals surface area (Å²) in [5.41, 5.74) is 0.627. The SMILES string of the molecule is COC(=O)c1ccc(COC(=O)CSCC(=O)Nc2ccc(Cl)cc2)o1. The summed E-state index contributed by atoms with van der Waals surface area (Å²) >= 11 is 6.89. The van der Waals surface area contributed by atoms with Gasteiger partial charge in [-0.2, -0.15) is 0 Å². The highest BCUT2D eigenvalue weighted by Crippen LogP contribution is 2.14. The molecule has 26 heavy (non-hydrogen) atoms. The molecule has 0 fully saturated rings. The molecule has 0 radical (unpaired) electrons. The van der Waals surface area contributed by atoms with Gasteiger partial charge in [-0.3, -0.25) is 9.59 Å². The van der Waals surface area contributed by atoms with E-state index in [0.29, 0.717) is 16.5 Å². The first-order valence-electron chi connectivity index (χ1n) is 7.43. The first kappa shape index (κ1) is 19.9. The summed E-state index contributed by atoms with van der Waals surface area (Å²) in [6, 6.07) is 9.66. The zero-order valence-corrected chi connectivity index (χ0v) is 15.4. The molecule has 1 aromatic carbocycles. The lowest BCUT2D eigenvalue weighted by atomic mass is 10.3. The predicted molar refractivity (Wildman–Crippen MR) is 97.3 cm³/mol. The van der Waals surface area contributed by atoms with Gasteiger partial charge < -0.3 is 19.2 Å². The van der Waals surface area contributed by atoms with Crippen LogP contribution < -0.4 is 5.32 Å². The molecule has 0 aliphatic carbocycles. The second-order valence-corrected chi connectivity index (χ2v) is 6.39. The highest BCUT2D eigenvalue weighted by molar-refractivity contribution is 8.00. The first-order valence-corrected chi connectivity index (χ1v) is 8.97. The van der Waals surface area contributed by atoms with Crippen molar-refractivity contribution in [2.24, 2.45) is 0 Å². The number of hydrogen-bond acceptors (Lipinski definition) is 7. The van der Waals surface area contributed by atoms with Crippen molar-refractivity contribution in [2.75, 3.05) is 23.9 Å². The summed E-state index contributed by atoms with van der Waals surface area (Å²) in [5, 5.41) is 3.27. The van der Waals surface area contributed by atoms with Crippen molar-refractivity contribution >= 4 is 46.9 Å². The molecule has 1 N–H and O–H groups in total. The van der Waals surface area contributed by atoms with Crippen molar-refractivity contribution in [3.63, 3.8) is 0 Å². The fraction of sp³-hybridized carbons (Fsp3) is 0.235. The molecule has 0 spiro atoms. The number of carbonyl (C=O) groups excluding carboxylic acids is 3. The van der Waals surface area contributed by atoms with Gasteiger partial charge in [0.1, 0.15) is 12.4 Å². The van der Waals surface area contributed by atoms with Crippen LogP contribution in [0.25, 0.3) is 0 Å². The lowest BCUT2D eigenvalue weighted by Crippen LogP contribution is -2.16. The molecule has 0 unspecified atom stereocenters. The monoisotopic (exact) mass is 397 g/mol. The summed E-state index contributed by atoms with van der Waals surface area (Å²) in [4.78, 5) is 34.7. The maximum absolute atomic E-state index is 11.8. The maximum atomic E-state index is 11.8. The highest BCUT2D eigenvalue weighted by Gasteiger charge is 2.13. The van der Waals surface area contributed by atoms with Gasteiger partial charge in [0.15, 0.2) is 0 Å². The van der Waals surface area contributed by atoms with Crippen molar-refractivity contribution in [3.8, 4) is 0 Å². The smallest absolute Gasteiger partial charge is 0.373 e. The molecule has 0 saturated carbocycles. The van der Waals surface area contributed by atoms with Crippen LogP contribution in [0.5, 0.6) is 0 Å². The molecule has 2 aromatic rings. The Hall–Kier alpha value is -2.45. The molecule has 138 valence electrons. The van der Waals surface area contributed by atoms with Crippen LogP contribution in [0.15, 0.2) is 40.8 Å². The Bertz CT molecular complexity index is 774. The topological polar surface area (TPSA) is 94.8 Å². The molecule has 0 bridgehead atoms. The number of anilines is 1. The molecule has 1 heterocycles. The van der Waals surface area contributed by atoms with Crippen molar-refractivity contribution in [1.82, 2.24) is 0 Å². The summed E-state index contributed by atoms with van der Waals surface area (Å²) in [5.74, 6) is -0.867. The second-order valence-electron chi connectivity index (χ2n) is 4.97. The molecule has 0 aliphatic heterocycles. The Morgan fingerprint density at radius 2 is 1.85 bits per heavy atom. The number of hydrogen-bond donors (Lipinski definition) is 1. The number of benzene rings is 1. The number of nitrogens with one attached hydrogen (secondary N) is 1. The number of amides is 1. The van der Waals surface area contributed by atoms with E-state index in [2.05, 4.69) is 10.1 Å². The van der Waals surface area contributed by atoms with Crippen LogP contribution in [0.1, 0.15) is 16.3 Å². The van der Waals surface area contributed by atoms with Gasteiger partial charge in [-0.05, 0) is 36.4 Å². The fourth-order valence-corrected chi connectivity index (χ4v) is 2.55. The number of methoxy groups -OCH3 is 1. The number of furan rings is 1. The van der Waals surface area contributed by atoms with Crippen LogP contribution in [-0.4, -0.2) is 36.5 Å². The molecule has 1 amide bonds. The van der Waals surface area contributed by atoms with E-state index >= 15 is 0 Å². The number of rotatable bonds is 8. The largest absolute Gasteiger partial charge is 0.463 e. The van der Waals surface area contributed by atoms with Gasteiger partial charge in [-0.15, -0.1) is 11.8 Å². The average molecular weight is 398 g/mol. The standard InChI is InChI=1S/C17H16ClNO6S/c1-23-17(22)14-7-6-13(25-14)8-24-16(21)10-26-9-15(20)19-12-4-2-11(18)3-5-12/h2-7H,8-10H2,1H3,(H,19,20). The van der Waals surface area contributed by atoms with Crippen molar-refractivity contribution in [3.05, 3.63) is 52.9 Å². The van der Waals surface area contributed by atoms with Crippen LogP contribution in [0.4, 0.5) is 5.69 Å². The minimum absolute atomic E-state index is 0.0125. The van der Waals surface area contributed by atoms with E-state index < -0.39 is 11.9 Å². The lowest BCUT2D eigenvalue weighted by Gasteiger charge is -2.05. The van der Waals surface area contributed by atoms with E-state index in [1.54, 1.807) is 24.3 Å². The zero-order valence-electron chi connectivity index (χ0n) is 13.8. The Morgan fingerprint density at radius 1 is 1.12 bits per heavy atom. The van der Waals surface area contributed by atoms with Crippen molar-refractivity contribution in [2.45, 2.75) is 6.61 Å². The van der Waals surface area contributed by atoms with Crippen LogP contribution in [0, 0.1) is 0 Å². The van der Waals surface area contributed by atoms with Gasteiger partial charge in [0, 0.05) is 10.7 Å². The van der Waals surface area contributed by atoms with Crippen LogP contribution in [0.2, 0.25) is 5.02 Å². The molecular formula is C17H16ClNO6S. The molecule has 9 heteroatoms. The molecule has 2 rings (SSSR count). The van der Waals surface area contributed by atoms with E-state index in [1.807, 2.05) is 0 Å². The van der Waals surface area contributed by atoms with Gasteiger partial charge in [-0.25, -0.2) is 4.79 Å². The number of halogens is 1. The number of ether oxygens (including phenoxy) is 2. The first-order chi connectivity index (χ1) is 12.5. The van der Waals surface area contributed by atoms with Crippen LogP contribution in [-0.2, 0) is 25.7 Å². The Balaban J connectivity index is 1.65. The average Bonchev–Trinajstić information content (AvgIpc) is 3.10. The highest BCUT2D eigenvalue weighted by atomic mass is 35.5. The van der Waals surface area contributed by atoms with E-state index in [9.17, 15) is 14.4 Å². The minimum Gasteiger partial charge on any atom is -0.463 e. The van der Waals surface area contributed by atoms with Gasteiger partial charge in [0.2, 0.25) is 11.7 Å². The van der Waals surface area contributed by atoms with Gasteiger partial charge in [-0.1, -0.05) is 11.6 Å². The number of thioether (sulfide) groups is 1. The third kappa shape index (κ3) is 6.45. The summed E-state index contributed by atoms with van der Waals surface area (Å²) in [6.45, 7) is -0.104. The third-order valence-electron chi connectivity index (χ3n) is 3.00. The predicted octanol–water partition coefficient (Wildman–Crippen LogP) is 3.13. The van der Waals surface area contributed by atoms with E-state index in [4.69, 9.17) is 20.8 Å². The zero-order chi connectivity index (χ0) is 18.9. The molecule has 7 nitrogen and oxygen atoms in total. The van der Waals surface area contributed by atoms with Gasteiger partial charge >= 0.3 is 11.9 Å². The Labute approximate surface area is 159 Å². The summed E-state index contributed by atoms with van der Waals surface area (Å²) < 4.78 is 14.7. The van der Waals surface area contributed by atoms with Crippen LogP contribution in [0.3, 0.4) is 0 Å². The van der Waals surface area contributed by atoms with Crippen molar-refractivity contribution in [1.29, 1.82) is 0 Å². The van der Waals surface area contributed by atoms with E-state index in [0.717, 1.165) is 11.8 Å². The molecule has 1 aromatic heterocycles. The van der Waals surface area contributed by atoms with E-state index in [1.165, 1.54) is 19.2 Å². The Morgan fingerprint density at radius 3 is 2.54 bits per heavy atom. The number of esters is 2. The Kier molecular flexibility index (Phi) is 7.55. The third-order valence-corrected chi connectivity index (χ3v) is 4.16. The van der Waals surface area contributed by atoms with Crippen LogP contribution >= 0.6 is 23.4 Å². The molecule has 0 aliphatic rings. The molecule has 0 saturated heterocycles. The molecular weight excluding hydrogens is 382 g/mol. The maximum Gasteiger partial charge on any atom is 0.373 e. The van der Waals surface area contributed by atoms with Crippen molar-refractivity contribution < 1.29 is 28.3 Å². The minimum atomic E-state index is -0.607. The molecule has 0 atom stereocenters. The fourth-order valence-electron chi connectivity index (χ4n) is 1.82. The normalized spacial score (nSPS) is 10.2. The summed E-state index contributed by atoms with van der Waals surface area (Å²) in [7, 11) is 1.24. The quantitative estimate of drug-likeness (QED) is 0.683. The summed E-state index contributed by atoms with van der Waals surface area (Å²) in [6.07, 6.45) is 0.